The molecule has 0 bridgehead atoms. The fraction of sp³-hybridized carbons (Fsp3) is 0.379. The highest BCUT2D eigenvalue weighted by Gasteiger charge is 2.32. The predicted molar refractivity (Wildman–Crippen MR) is 152 cm³/mol. The number of nitrogens with zero attached hydrogens (tertiary/aromatic N) is 6. The lowest BCUT2D eigenvalue weighted by atomic mass is 10.0. The van der Waals surface area contributed by atoms with E-state index in [4.69, 9.17) is 11.6 Å². The van der Waals surface area contributed by atoms with Crippen molar-refractivity contribution in [1.82, 2.24) is 19.4 Å². The second-order valence-corrected chi connectivity index (χ2v) is 10.7. The van der Waals surface area contributed by atoms with Crippen molar-refractivity contribution in [2.75, 3.05) is 38.1 Å². The summed E-state index contributed by atoms with van der Waals surface area (Å²) in [4.78, 5) is 36.2. The highest BCUT2D eigenvalue weighted by molar-refractivity contribution is 6.34. The molecule has 2 aliphatic rings. The highest BCUT2D eigenvalue weighted by Crippen LogP contribution is 2.40. The first-order valence-electron chi connectivity index (χ1n) is 13.2. The van der Waals surface area contributed by atoms with Gasteiger partial charge in [0.15, 0.2) is 0 Å². The second-order valence-electron chi connectivity index (χ2n) is 10.3. The van der Waals surface area contributed by atoms with Crippen LogP contribution in [-0.4, -0.2) is 75.7 Å². The van der Waals surface area contributed by atoms with Crippen LogP contribution >= 0.6 is 11.6 Å². The maximum atomic E-state index is 14.9. The van der Waals surface area contributed by atoms with Crippen LogP contribution in [0.5, 0.6) is 5.75 Å². The molecule has 1 aromatic heterocycles. The quantitative estimate of drug-likeness (QED) is 0.454. The Morgan fingerprint density at radius 3 is 2.77 bits per heavy atom. The average molecular weight is 565 g/mol. The van der Waals surface area contributed by atoms with Gasteiger partial charge in [-0.1, -0.05) is 24.2 Å². The van der Waals surface area contributed by atoms with Crippen molar-refractivity contribution in [3.63, 3.8) is 0 Å². The van der Waals surface area contributed by atoms with Crippen molar-refractivity contribution in [3.8, 4) is 22.9 Å². The summed E-state index contributed by atoms with van der Waals surface area (Å²) in [6.45, 7) is 5.88. The number of amides is 1. The van der Waals surface area contributed by atoms with Crippen molar-refractivity contribution in [2.24, 2.45) is 0 Å². The van der Waals surface area contributed by atoms with Crippen LogP contribution in [0.4, 0.5) is 10.2 Å². The average Bonchev–Trinajstić information content (AvgIpc) is 3.34. The Morgan fingerprint density at radius 2 is 2.10 bits per heavy atom. The molecule has 0 radical (unpaired) electrons. The van der Waals surface area contributed by atoms with Gasteiger partial charge in [0.05, 0.1) is 29.6 Å². The number of phenolic OH excluding ortho intramolecular Hbond substituents is 1. The first-order chi connectivity index (χ1) is 19.2. The number of hydrogen-bond donors (Lipinski definition) is 1. The fourth-order valence-corrected chi connectivity index (χ4v) is 6.08. The third-order valence-corrected chi connectivity index (χ3v) is 8.25. The van der Waals surface area contributed by atoms with Crippen LogP contribution in [0, 0.1) is 17.1 Å². The van der Waals surface area contributed by atoms with Crippen LogP contribution in [0.15, 0.2) is 47.8 Å². The molecule has 208 valence electrons. The molecule has 11 heteroatoms. The number of piperazine rings is 1. The normalized spacial score (nSPS) is 19.6. The summed E-state index contributed by atoms with van der Waals surface area (Å²) in [5.74, 6) is -0.772. The van der Waals surface area contributed by atoms with E-state index in [-0.39, 0.29) is 46.8 Å². The van der Waals surface area contributed by atoms with E-state index < -0.39 is 17.5 Å². The number of aromatic nitrogens is 2. The number of anilines is 1. The first-order valence-corrected chi connectivity index (χ1v) is 13.6. The van der Waals surface area contributed by atoms with Crippen molar-refractivity contribution >= 4 is 34.2 Å². The third-order valence-electron chi connectivity index (χ3n) is 7.94. The third kappa shape index (κ3) is 5.03. The van der Waals surface area contributed by atoms with Crippen LogP contribution < -0.4 is 10.6 Å². The van der Waals surface area contributed by atoms with E-state index in [1.165, 1.54) is 24.3 Å². The van der Waals surface area contributed by atoms with Crippen molar-refractivity contribution < 1.29 is 14.3 Å². The number of hydrogen-bond acceptors (Lipinski definition) is 7. The van der Waals surface area contributed by atoms with Crippen molar-refractivity contribution in [2.45, 2.75) is 37.9 Å². The number of nitriles is 1. The molecule has 0 aliphatic carbocycles. The van der Waals surface area contributed by atoms with Crippen LogP contribution in [-0.2, 0) is 11.3 Å². The van der Waals surface area contributed by atoms with Gasteiger partial charge in [0.2, 0.25) is 5.91 Å². The summed E-state index contributed by atoms with van der Waals surface area (Å²) < 4.78 is 16.5. The molecule has 5 rings (SSSR count). The van der Waals surface area contributed by atoms with Crippen molar-refractivity contribution in [1.29, 1.82) is 5.26 Å². The van der Waals surface area contributed by atoms with Gasteiger partial charge in [-0.05, 0) is 56.8 Å². The Morgan fingerprint density at radius 1 is 1.30 bits per heavy atom. The zero-order valence-electron chi connectivity index (χ0n) is 22.2. The molecule has 1 amide bonds. The van der Waals surface area contributed by atoms with E-state index >= 15 is 0 Å². The zero-order chi connectivity index (χ0) is 28.6. The summed E-state index contributed by atoms with van der Waals surface area (Å²) >= 11 is 6.71. The zero-order valence-corrected chi connectivity index (χ0v) is 22.9. The lowest BCUT2D eigenvalue weighted by Crippen LogP contribution is -2.55. The Bertz CT molecular complexity index is 1560. The number of fused-ring (bicyclic) bond motifs is 1. The van der Waals surface area contributed by atoms with E-state index in [2.05, 4.69) is 22.5 Å². The van der Waals surface area contributed by atoms with Crippen LogP contribution in [0.3, 0.4) is 0 Å². The molecule has 1 N–H and O–H groups in total. The topological polar surface area (TPSA) is 106 Å². The van der Waals surface area contributed by atoms with E-state index in [0.29, 0.717) is 36.4 Å². The summed E-state index contributed by atoms with van der Waals surface area (Å²) in [6.07, 6.45) is 3.29. The largest absolute Gasteiger partial charge is 0.507 e. The van der Waals surface area contributed by atoms with Crippen LogP contribution in [0.1, 0.15) is 19.3 Å². The fourth-order valence-electron chi connectivity index (χ4n) is 5.82. The lowest BCUT2D eigenvalue weighted by Gasteiger charge is -2.41. The molecule has 3 aromatic rings. The summed E-state index contributed by atoms with van der Waals surface area (Å²) in [6, 6.07) is 9.18. The molecule has 2 fully saturated rings. The SMILES string of the molecule is C=CC(=O)N1CCN(c2nc(=O)n(CC3CCCN3C)c3cc(-c4c(O)cccc4F)c(Cl)cc23)C[C@@H]1CC#N. The van der Waals surface area contributed by atoms with Crippen molar-refractivity contribution in [3.05, 3.63) is 64.3 Å². The molecule has 2 aromatic carbocycles. The molecule has 2 aliphatic heterocycles. The predicted octanol–water partition coefficient (Wildman–Crippen LogP) is 3.77. The monoisotopic (exact) mass is 564 g/mol. The van der Waals surface area contributed by atoms with Gasteiger partial charge in [-0.3, -0.25) is 9.36 Å². The smallest absolute Gasteiger partial charge is 0.350 e. The number of carbonyl (C=O) groups excluding carboxylic acids is 1. The molecular formula is C29H30ClFN6O3. The van der Waals surface area contributed by atoms with E-state index in [1.807, 2.05) is 11.9 Å². The number of rotatable bonds is 6. The van der Waals surface area contributed by atoms with E-state index in [0.717, 1.165) is 19.4 Å². The highest BCUT2D eigenvalue weighted by atomic mass is 35.5. The molecule has 2 atom stereocenters. The summed E-state index contributed by atoms with van der Waals surface area (Å²) in [5.41, 5.74) is 0.267. The van der Waals surface area contributed by atoms with Gasteiger partial charge in [-0.25, -0.2) is 9.18 Å². The Kier molecular flexibility index (Phi) is 7.79. The van der Waals surface area contributed by atoms with Gasteiger partial charge in [-0.15, -0.1) is 0 Å². The molecular weight excluding hydrogens is 535 g/mol. The molecule has 40 heavy (non-hydrogen) atoms. The number of carbonyl (C=O) groups is 1. The standard InChI is InChI=1S/C29H30ClFN6O3/c1-3-26(39)36-13-12-35(16-19(36)9-10-32)28-21-14-22(30)20(27-23(31)7-4-8-25(27)38)15-24(21)37(29(40)33-28)17-18-6-5-11-34(18)2/h3-4,7-8,14-15,18-19,38H,1,5-6,9,11-13,16-17H2,2H3/t18?,19-/m0/s1. The minimum atomic E-state index is -0.637. The maximum absolute atomic E-state index is 14.9. The summed E-state index contributed by atoms with van der Waals surface area (Å²) in [7, 11) is 2.02. The van der Waals surface area contributed by atoms with Gasteiger partial charge in [-0.2, -0.15) is 10.2 Å². The molecule has 3 heterocycles. The molecule has 0 saturated carbocycles. The van der Waals surface area contributed by atoms with Gasteiger partial charge in [0.25, 0.3) is 0 Å². The molecule has 9 nitrogen and oxygen atoms in total. The molecule has 2 saturated heterocycles. The Hall–Kier alpha value is -3.94. The molecule has 1 unspecified atom stereocenters. The van der Waals surface area contributed by atoms with Crippen LogP contribution in [0.2, 0.25) is 5.02 Å². The Balaban J connectivity index is 1.68. The van der Waals surface area contributed by atoms with Gasteiger partial charge < -0.3 is 19.8 Å². The summed E-state index contributed by atoms with van der Waals surface area (Å²) in [5, 5.41) is 20.7. The number of likely N-dealkylation sites (N-methyl/N-ethyl adjacent to an activating group) is 1. The van der Waals surface area contributed by atoms with E-state index in [9.17, 15) is 24.3 Å². The molecule has 0 spiro atoms. The van der Waals surface area contributed by atoms with Gasteiger partial charge >= 0.3 is 5.69 Å². The van der Waals surface area contributed by atoms with E-state index in [1.54, 1.807) is 21.6 Å². The van der Waals surface area contributed by atoms with Gasteiger partial charge in [0.1, 0.15) is 17.4 Å². The minimum absolute atomic E-state index is 0.0459. The number of benzene rings is 2. The second kappa shape index (κ2) is 11.3. The number of aromatic hydroxyl groups is 1. The lowest BCUT2D eigenvalue weighted by molar-refractivity contribution is -0.128. The minimum Gasteiger partial charge on any atom is -0.507 e. The number of likely N-dealkylation sites (tertiary alicyclic amines) is 1. The number of halogens is 2. The van der Waals surface area contributed by atoms with Gasteiger partial charge in [0, 0.05) is 48.2 Å². The first kappa shape index (κ1) is 27.6. The number of phenols is 1. The van der Waals surface area contributed by atoms with Crippen LogP contribution in [0.25, 0.3) is 22.0 Å². The maximum Gasteiger partial charge on any atom is 0.350 e. The Labute approximate surface area is 236 Å².